The second-order valence-corrected chi connectivity index (χ2v) is 7.60. The summed E-state index contributed by atoms with van der Waals surface area (Å²) in [5, 5.41) is 3.11. The fraction of sp³-hybridized carbons (Fsp3) is 0.643. The molecule has 0 atom stereocenters. The minimum absolute atomic E-state index is 0.180. The molecule has 0 amide bonds. The molecule has 120 valence electrons. The second kappa shape index (κ2) is 7.20. The number of likely N-dealkylation sites (N-methyl/N-ethyl adjacent to an activating group) is 1. The lowest BCUT2D eigenvalue weighted by molar-refractivity contribution is 0.199. The van der Waals surface area contributed by atoms with Gasteiger partial charge in [0.15, 0.2) is 0 Å². The van der Waals surface area contributed by atoms with Gasteiger partial charge in [0, 0.05) is 24.8 Å². The van der Waals surface area contributed by atoms with Gasteiger partial charge in [-0.15, -0.1) is 0 Å². The Kier molecular flexibility index (Phi) is 6.12. The fourth-order valence-electron chi connectivity index (χ4n) is 1.41. The van der Waals surface area contributed by atoms with Gasteiger partial charge in [-0.3, -0.25) is 0 Å². The van der Waals surface area contributed by atoms with Crippen LogP contribution < -0.4 is 10.0 Å². The van der Waals surface area contributed by atoms with Crippen molar-refractivity contribution in [3.63, 3.8) is 0 Å². The van der Waals surface area contributed by atoms with Gasteiger partial charge in [0.2, 0.25) is 10.0 Å². The molecular formula is C14H26N4O2S. The molecule has 0 saturated heterocycles. The van der Waals surface area contributed by atoms with Crippen LogP contribution in [0.5, 0.6) is 0 Å². The first-order chi connectivity index (χ1) is 9.69. The van der Waals surface area contributed by atoms with Gasteiger partial charge >= 0.3 is 0 Å². The number of hydrogen-bond acceptors (Lipinski definition) is 5. The van der Waals surface area contributed by atoms with Crippen LogP contribution in [-0.2, 0) is 10.0 Å². The Bertz CT molecular complexity index is 539. The Morgan fingerprint density at radius 2 is 1.95 bits per heavy atom. The number of sulfonamides is 1. The topological polar surface area (TPSA) is 74.3 Å². The number of nitrogens with zero attached hydrogens (tertiary/aromatic N) is 2. The first-order valence-corrected chi connectivity index (χ1v) is 8.54. The maximum absolute atomic E-state index is 12.2. The SMILES string of the molecule is CCCNc1ccc(S(=O)(=O)NCC(C)(C)N(C)C)cn1. The first-order valence-electron chi connectivity index (χ1n) is 7.06. The average molecular weight is 314 g/mol. The molecule has 0 bridgehead atoms. The van der Waals surface area contributed by atoms with Gasteiger partial charge in [-0.05, 0) is 46.5 Å². The minimum atomic E-state index is -3.53. The largest absolute Gasteiger partial charge is 0.370 e. The molecule has 0 aliphatic heterocycles. The highest BCUT2D eigenvalue weighted by Gasteiger charge is 2.24. The highest BCUT2D eigenvalue weighted by Crippen LogP contribution is 2.13. The zero-order valence-electron chi connectivity index (χ0n) is 13.5. The second-order valence-electron chi connectivity index (χ2n) is 5.84. The third kappa shape index (κ3) is 5.26. The molecule has 0 aliphatic carbocycles. The number of nitrogens with one attached hydrogen (secondary N) is 2. The first kappa shape index (κ1) is 17.9. The molecule has 1 aromatic heterocycles. The highest BCUT2D eigenvalue weighted by molar-refractivity contribution is 7.89. The van der Waals surface area contributed by atoms with Crippen LogP contribution in [0.4, 0.5) is 5.82 Å². The third-order valence-electron chi connectivity index (χ3n) is 3.51. The molecule has 21 heavy (non-hydrogen) atoms. The summed E-state index contributed by atoms with van der Waals surface area (Å²) >= 11 is 0. The Labute approximate surface area is 128 Å². The molecule has 0 spiro atoms. The van der Waals surface area contributed by atoms with E-state index in [1.54, 1.807) is 12.1 Å². The number of aromatic nitrogens is 1. The zero-order chi connectivity index (χ0) is 16.1. The van der Waals surface area contributed by atoms with Crippen LogP contribution in [0.1, 0.15) is 27.2 Å². The van der Waals surface area contributed by atoms with E-state index in [9.17, 15) is 8.42 Å². The Hall–Kier alpha value is -1.18. The molecular weight excluding hydrogens is 288 g/mol. The van der Waals surface area contributed by atoms with Gasteiger partial charge in [0.25, 0.3) is 0 Å². The van der Waals surface area contributed by atoms with Gasteiger partial charge in [-0.1, -0.05) is 6.92 Å². The van der Waals surface area contributed by atoms with Crippen molar-refractivity contribution in [1.29, 1.82) is 0 Å². The standard InChI is InChI=1S/C14H26N4O2S/c1-6-9-15-13-8-7-12(10-16-13)21(19,20)17-11-14(2,3)18(4)5/h7-8,10,17H,6,9,11H2,1-5H3,(H,15,16). The molecule has 1 aromatic rings. The predicted molar refractivity (Wildman–Crippen MR) is 86.0 cm³/mol. The van der Waals surface area contributed by atoms with Gasteiger partial charge in [-0.2, -0.15) is 0 Å². The van der Waals surface area contributed by atoms with Crippen molar-refractivity contribution in [3.05, 3.63) is 18.3 Å². The van der Waals surface area contributed by atoms with Gasteiger partial charge in [0.05, 0.1) is 0 Å². The third-order valence-corrected chi connectivity index (χ3v) is 4.89. The van der Waals surface area contributed by atoms with Crippen molar-refractivity contribution < 1.29 is 8.42 Å². The molecule has 0 radical (unpaired) electrons. The Balaban J connectivity index is 2.74. The quantitative estimate of drug-likeness (QED) is 0.761. The monoisotopic (exact) mass is 314 g/mol. The average Bonchev–Trinajstić information content (AvgIpc) is 2.43. The normalized spacial score (nSPS) is 12.7. The molecule has 0 aromatic carbocycles. The maximum atomic E-state index is 12.2. The molecule has 6 nitrogen and oxygen atoms in total. The Morgan fingerprint density at radius 3 is 2.43 bits per heavy atom. The van der Waals surface area contributed by atoms with Gasteiger partial charge < -0.3 is 10.2 Å². The van der Waals surface area contributed by atoms with Crippen LogP contribution in [-0.4, -0.2) is 51.0 Å². The highest BCUT2D eigenvalue weighted by atomic mass is 32.2. The molecule has 0 saturated carbocycles. The lowest BCUT2D eigenvalue weighted by Gasteiger charge is -2.32. The smallest absolute Gasteiger partial charge is 0.242 e. The van der Waals surface area contributed by atoms with Gasteiger partial charge in [-0.25, -0.2) is 18.1 Å². The van der Waals surface area contributed by atoms with E-state index in [0.717, 1.165) is 13.0 Å². The maximum Gasteiger partial charge on any atom is 0.242 e. The molecule has 0 aliphatic rings. The lowest BCUT2D eigenvalue weighted by Crippen LogP contribution is -2.48. The fourth-order valence-corrected chi connectivity index (χ4v) is 2.56. The van der Waals surface area contributed by atoms with E-state index in [-0.39, 0.29) is 10.4 Å². The number of anilines is 1. The van der Waals surface area contributed by atoms with Crippen molar-refractivity contribution in [1.82, 2.24) is 14.6 Å². The van der Waals surface area contributed by atoms with Crippen LogP contribution in [0.15, 0.2) is 23.2 Å². The van der Waals surface area contributed by atoms with Crippen molar-refractivity contribution in [3.8, 4) is 0 Å². The van der Waals surface area contributed by atoms with Crippen molar-refractivity contribution in [2.75, 3.05) is 32.5 Å². The molecule has 2 N–H and O–H groups in total. The summed E-state index contributed by atoms with van der Waals surface area (Å²) in [4.78, 5) is 6.28. The van der Waals surface area contributed by atoms with Crippen LogP contribution in [0, 0.1) is 0 Å². The summed E-state index contributed by atoms with van der Waals surface area (Å²) in [6.45, 7) is 7.16. The van der Waals surface area contributed by atoms with E-state index in [4.69, 9.17) is 0 Å². The molecule has 0 fully saturated rings. The van der Waals surface area contributed by atoms with E-state index in [2.05, 4.69) is 21.9 Å². The molecule has 1 rings (SSSR count). The zero-order valence-corrected chi connectivity index (χ0v) is 14.3. The van der Waals surface area contributed by atoms with Crippen LogP contribution in [0.25, 0.3) is 0 Å². The molecule has 7 heteroatoms. The van der Waals surface area contributed by atoms with E-state index in [1.165, 1.54) is 6.20 Å². The molecule has 0 unspecified atom stereocenters. The van der Waals surface area contributed by atoms with Crippen molar-refractivity contribution in [2.24, 2.45) is 0 Å². The Morgan fingerprint density at radius 1 is 1.29 bits per heavy atom. The van der Waals surface area contributed by atoms with Crippen LogP contribution in [0.2, 0.25) is 0 Å². The number of pyridine rings is 1. The van der Waals surface area contributed by atoms with E-state index in [1.807, 2.05) is 32.8 Å². The van der Waals surface area contributed by atoms with Crippen molar-refractivity contribution in [2.45, 2.75) is 37.6 Å². The summed E-state index contributed by atoms with van der Waals surface area (Å²) in [5.74, 6) is 0.685. The summed E-state index contributed by atoms with van der Waals surface area (Å²) in [5.41, 5.74) is -0.261. The van der Waals surface area contributed by atoms with Crippen molar-refractivity contribution >= 4 is 15.8 Å². The summed E-state index contributed by atoms with van der Waals surface area (Å²) < 4.78 is 27.1. The molecule has 1 heterocycles. The summed E-state index contributed by atoms with van der Waals surface area (Å²) in [7, 11) is 0.310. The van der Waals surface area contributed by atoms with Crippen LogP contribution >= 0.6 is 0 Å². The number of hydrogen-bond donors (Lipinski definition) is 2. The van der Waals surface area contributed by atoms with Crippen LogP contribution in [0.3, 0.4) is 0 Å². The van der Waals surface area contributed by atoms with Gasteiger partial charge in [0.1, 0.15) is 10.7 Å². The summed E-state index contributed by atoms with van der Waals surface area (Å²) in [6, 6.07) is 3.25. The van der Waals surface area contributed by atoms with E-state index < -0.39 is 10.0 Å². The number of rotatable bonds is 8. The van der Waals surface area contributed by atoms with E-state index in [0.29, 0.717) is 12.4 Å². The summed E-state index contributed by atoms with van der Waals surface area (Å²) in [6.07, 6.45) is 2.37. The predicted octanol–water partition coefficient (Wildman–Crippen LogP) is 1.52. The van der Waals surface area contributed by atoms with E-state index >= 15 is 0 Å². The lowest BCUT2D eigenvalue weighted by atomic mass is 10.1. The minimum Gasteiger partial charge on any atom is -0.370 e.